The maximum atomic E-state index is 11.3. The number of nitrogens with zero attached hydrogens (tertiary/aromatic N) is 4. The molecule has 0 N–H and O–H groups in total. The second kappa shape index (κ2) is 8.20. The van der Waals surface area contributed by atoms with Gasteiger partial charge in [0.05, 0.1) is 30.2 Å². The van der Waals surface area contributed by atoms with Crippen molar-refractivity contribution in [3.8, 4) is 0 Å². The largest absolute Gasteiger partial charge is 0.324 e. The number of hydrogen-bond acceptors (Lipinski definition) is 8. The molecule has 10 nitrogen and oxygen atoms in total. The summed E-state index contributed by atoms with van der Waals surface area (Å²) < 4.78 is 72.9. The van der Waals surface area contributed by atoms with Gasteiger partial charge in [0.1, 0.15) is 0 Å². The van der Waals surface area contributed by atoms with Crippen LogP contribution in [0.2, 0.25) is 0 Å². The molecule has 0 bridgehead atoms. The van der Waals surface area contributed by atoms with Gasteiger partial charge >= 0.3 is 20.2 Å². The molecular formula is C18H16N4O6S4. The van der Waals surface area contributed by atoms with E-state index in [1.165, 1.54) is 46.9 Å². The summed E-state index contributed by atoms with van der Waals surface area (Å²) in [7, 11) is -9.14. The van der Waals surface area contributed by atoms with E-state index < -0.39 is 20.2 Å². The number of fused-ring (bicyclic) bond motifs is 2. The Balaban J connectivity index is 1.93. The Morgan fingerprint density at radius 2 is 1.09 bits per heavy atom. The van der Waals surface area contributed by atoms with Crippen LogP contribution in [0.25, 0.3) is 20.4 Å². The normalized spacial score (nSPS) is 14.1. The molecule has 0 atom stereocenters. The molecule has 0 saturated heterocycles. The maximum absolute atomic E-state index is 11.3. The minimum atomic E-state index is -4.57. The first-order valence-electron chi connectivity index (χ1n) is 9.29. The fourth-order valence-corrected chi connectivity index (χ4v) is 6.58. The minimum Gasteiger partial charge on any atom is -0.315 e. The highest BCUT2D eigenvalue weighted by Crippen LogP contribution is 2.23. The third kappa shape index (κ3) is 4.16. The van der Waals surface area contributed by atoms with Crippen molar-refractivity contribution in [2.45, 2.75) is 36.7 Å². The molecule has 2 heterocycles. The zero-order valence-electron chi connectivity index (χ0n) is 16.7. The molecule has 0 saturated carbocycles. The highest BCUT2D eigenvalue weighted by atomic mass is 32.2. The van der Waals surface area contributed by atoms with Crippen molar-refractivity contribution >= 4 is 63.3 Å². The van der Waals surface area contributed by atoms with Gasteiger partial charge in [0.15, 0.2) is 0 Å². The predicted molar refractivity (Wildman–Crippen MR) is 118 cm³/mol. The molecule has 4 rings (SSSR count). The van der Waals surface area contributed by atoms with Gasteiger partial charge in [0, 0.05) is 13.1 Å². The van der Waals surface area contributed by atoms with Crippen molar-refractivity contribution in [2.75, 3.05) is 0 Å². The number of rotatable bonds is 5. The molecule has 0 amide bonds. The number of aromatic nitrogens is 2. The summed E-state index contributed by atoms with van der Waals surface area (Å²) in [4.78, 5) is 0.391. The maximum Gasteiger partial charge on any atom is 0.324 e. The Hall–Kier alpha value is -2.36. The van der Waals surface area contributed by atoms with Crippen LogP contribution in [0, 0.1) is 0 Å². The van der Waals surface area contributed by atoms with Crippen LogP contribution in [0.4, 0.5) is 0 Å². The molecular weight excluding hydrogens is 496 g/mol. The number of benzene rings is 2. The highest BCUT2D eigenvalue weighted by Gasteiger charge is 2.16. The second-order valence-corrected chi connectivity index (χ2v) is 11.4. The van der Waals surface area contributed by atoms with E-state index in [1.54, 1.807) is 12.1 Å². The molecule has 0 aliphatic rings. The topological polar surface area (TPSA) is 143 Å². The fourth-order valence-electron chi connectivity index (χ4n) is 3.27. The van der Waals surface area contributed by atoms with Gasteiger partial charge in [-0.05, 0) is 50.2 Å². The van der Waals surface area contributed by atoms with Gasteiger partial charge in [0.25, 0.3) is 0 Å². The van der Waals surface area contributed by atoms with Crippen LogP contribution in [0.1, 0.15) is 13.8 Å². The molecule has 0 fully saturated rings. The lowest BCUT2D eigenvalue weighted by Gasteiger charge is -2.01. The Morgan fingerprint density at radius 3 is 1.41 bits per heavy atom. The minimum absolute atomic E-state index is 0.310. The lowest BCUT2D eigenvalue weighted by molar-refractivity contribution is 0.412. The van der Waals surface area contributed by atoms with Crippen molar-refractivity contribution in [2.24, 2.45) is 10.2 Å². The quantitative estimate of drug-likeness (QED) is 0.378. The molecule has 2 aromatic carbocycles. The summed E-state index contributed by atoms with van der Waals surface area (Å²) in [5.41, 5.74) is 1.45. The van der Waals surface area contributed by atoms with Gasteiger partial charge in [-0.15, -0.1) is 10.2 Å². The molecule has 168 valence electrons. The first-order valence-corrected chi connectivity index (χ1v) is 13.7. The molecule has 32 heavy (non-hydrogen) atoms. The van der Waals surface area contributed by atoms with Crippen molar-refractivity contribution in [3.05, 3.63) is 46.0 Å². The van der Waals surface area contributed by atoms with Crippen LogP contribution in [0.5, 0.6) is 0 Å². The lowest BCUT2D eigenvalue weighted by atomic mass is 10.3. The monoisotopic (exact) mass is 512 g/mol. The summed E-state index contributed by atoms with van der Waals surface area (Å²) in [5.74, 6) is 0. The van der Waals surface area contributed by atoms with E-state index in [0.29, 0.717) is 32.1 Å². The molecule has 14 heteroatoms. The summed E-state index contributed by atoms with van der Waals surface area (Å²) in [6, 6.07) is 8.31. The summed E-state index contributed by atoms with van der Waals surface area (Å²) >= 11 is 2.40. The van der Waals surface area contributed by atoms with Crippen LogP contribution in [0.3, 0.4) is 0 Å². The highest BCUT2D eigenvalue weighted by molar-refractivity contribution is 7.85. The molecule has 0 spiro atoms. The van der Waals surface area contributed by atoms with Gasteiger partial charge in [-0.2, -0.15) is 16.8 Å². The van der Waals surface area contributed by atoms with E-state index in [-0.39, 0.29) is 9.79 Å². The molecule has 0 unspecified atom stereocenters. The zero-order chi connectivity index (χ0) is 23.3. The van der Waals surface area contributed by atoms with Crippen molar-refractivity contribution in [1.82, 2.24) is 9.13 Å². The fraction of sp³-hybridized carbons (Fsp3) is 0.222. The van der Waals surface area contributed by atoms with E-state index in [2.05, 4.69) is 10.2 Å². The number of aryl methyl sites for hydroxylation is 2. The Bertz CT molecular complexity index is 1580. The van der Waals surface area contributed by atoms with Gasteiger partial charge in [-0.3, -0.25) is 0 Å². The van der Waals surface area contributed by atoms with Crippen LogP contribution in [-0.4, -0.2) is 26.0 Å². The summed E-state index contributed by atoms with van der Waals surface area (Å²) in [5, 5.41) is 8.68. The first-order chi connectivity index (χ1) is 15.0. The van der Waals surface area contributed by atoms with Crippen LogP contribution >= 0.6 is 22.7 Å². The number of hydrogen-bond donors (Lipinski definition) is 0. The Morgan fingerprint density at radius 1 is 0.719 bits per heavy atom. The smallest absolute Gasteiger partial charge is 0.315 e. The number of thiazole rings is 2. The predicted octanol–water partition coefficient (Wildman–Crippen LogP) is 2.41. The Labute approximate surface area is 190 Å². The van der Waals surface area contributed by atoms with Crippen LogP contribution in [0.15, 0.2) is 56.4 Å². The summed E-state index contributed by atoms with van der Waals surface area (Å²) in [6.07, 6.45) is 0. The molecule has 2 radical (unpaired) electrons. The average molecular weight is 513 g/mol. The molecule has 2 aromatic heterocycles. The van der Waals surface area contributed by atoms with E-state index in [4.69, 9.17) is 0 Å². The molecule has 4 aromatic rings. The lowest BCUT2D eigenvalue weighted by Crippen LogP contribution is -2.16. The van der Waals surface area contributed by atoms with Gasteiger partial charge in [-0.1, -0.05) is 31.8 Å². The standard InChI is InChI=1S/C18H16N4O6S4/c1-3-21-13-7-5-11(31(23,24)25)9-15(13)29-17(21)19-20-18-22(4-2)14-8-6-12(32(26,27)28)10-16(14)30-18/h5-10H,3-4H2,1-2H3/b19-17-,20-18+. The van der Waals surface area contributed by atoms with Gasteiger partial charge < -0.3 is 9.13 Å². The average Bonchev–Trinajstić information content (AvgIpc) is 3.26. The van der Waals surface area contributed by atoms with E-state index in [1.807, 2.05) is 23.0 Å². The van der Waals surface area contributed by atoms with Crippen molar-refractivity contribution in [1.29, 1.82) is 0 Å². The third-order valence-electron chi connectivity index (χ3n) is 4.74. The van der Waals surface area contributed by atoms with E-state index >= 15 is 0 Å². The zero-order valence-corrected chi connectivity index (χ0v) is 20.0. The third-order valence-corrected chi connectivity index (χ3v) is 8.46. The summed E-state index contributed by atoms with van der Waals surface area (Å²) in [6.45, 7) is 4.89. The Kier molecular flexibility index (Phi) is 5.85. The van der Waals surface area contributed by atoms with Gasteiger partial charge in [-0.25, -0.2) is 0 Å². The first kappa shape index (κ1) is 22.8. The van der Waals surface area contributed by atoms with E-state index in [9.17, 15) is 25.9 Å². The second-order valence-electron chi connectivity index (χ2n) is 6.63. The molecule has 0 aliphatic heterocycles. The van der Waals surface area contributed by atoms with Gasteiger partial charge in [0.2, 0.25) is 9.60 Å². The SMILES string of the molecule is CCn1/c(=N/N=c2/sc3cc(S([O])(=O)=O)ccc3n2CC)sc2cc(S([O])(=O)=O)ccc21. The van der Waals surface area contributed by atoms with Crippen molar-refractivity contribution < 1.29 is 25.9 Å². The van der Waals surface area contributed by atoms with Crippen LogP contribution in [-0.2, 0) is 42.4 Å². The van der Waals surface area contributed by atoms with Crippen molar-refractivity contribution in [3.63, 3.8) is 0 Å². The van der Waals surface area contributed by atoms with Crippen LogP contribution < -0.4 is 9.60 Å². The molecule has 0 aliphatic carbocycles. The van der Waals surface area contributed by atoms with E-state index in [0.717, 1.165) is 11.0 Å².